The predicted molar refractivity (Wildman–Crippen MR) is 132 cm³/mol. The smallest absolute Gasteiger partial charge is 0.0594 e. The van der Waals surface area contributed by atoms with Crippen LogP contribution in [0.4, 0.5) is 0 Å². The minimum Gasteiger partial charge on any atom is -0.396 e. The number of aliphatic hydroxyl groups is 2. The van der Waals surface area contributed by atoms with E-state index in [2.05, 4.69) is 48.1 Å². The molecule has 0 aliphatic heterocycles. The molecule has 5 fully saturated rings. The minimum atomic E-state index is -0.147. The fourth-order valence-corrected chi connectivity index (χ4v) is 11.5. The second-order valence-corrected chi connectivity index (χ2v) is 14.6. The Morgan fingerprint density at radius 1 is 0.812 bits per heavy atom. The van der Waals surface area contributed by atoms with E-state index in [1.807, 2.05) is 0 Å². The van der Waals surface area contributed by atoms with E-state index in [0.717, 1.165) is 18.3 Å². The van der Waals surface area contributed by atoms with Gasteiger partial charge >= 0.3 is 0 Å². The molecule has 0 unspecified atom stereocenters. The van der Waals surface area contributed by atoms with E-state index in [-0.39, 0.29) is 16.9 Å². The van der Waals surface area contributed by atoms with Gasteiger partial charge in [-0.3, -0.25) is 0 Å². The lowest BCUT2D eigenvalue weighted by Gasteiger charge is -2.73. The third-order valence-electron chi connectivity index (χ3n) is 13.5. The summed E-state index contributed by atoms with van der Waals surface area (Å²) < 4.78 is 0. The van der Waals surface area contributed by atoms with E-state index in [0.29, 0.717) is 40.6 Å². The molecule has 0 spiro atoms. The first-order chi connectivity index (χ1) is 14.9. The third kappa shape index (κ3) is 2.66. The maximum atomic E-state index is 10.9. The summed E-state index contributed by atoms with van der Waals surface area (Å²) in [5.74, 6) is 3.33. The van der Waals surface area contributed by atoms with E-state index in [9.17, 15) is 10.2 Å². The number of rotatable bonds is 2. The summed E-state index contributed by atoms with van der Waals surface area (Å²) in [5, 5.41) is 21.5. The summed E-state index contributed by atoms with van der Waals surface area (Å²) in [5.41, 5.74) is 2.60. The van der Waals surface area contributed by atoms with Crippen LogP contribution < -0.4 is 0 Å². The molecule has 0 aromatic carbocycles. The van der Waals surface area contributed by atoms with Crippen LogP contribution in [-0.4, -0.2) is 22.9 Å². The van der Waals surface area contributed by atoms with E-state index < -0.39 is 0 Å². The SMILES string of the molecule is C=C(C)[C@@H]1CC[C@]2(CO)CC[C@]3(C)[C@H](CC[C@H]4[C@]5(C)CC[C@H](O)C(C)(C)[C@@H]5CC[C@]43C)[C@H]12. The van der Waals surface area contributed by atoms with Crippen LogP contribution >= 0.6 is 0 Å². The highest BCUT2D eigenvalue weighted by molar-refractivity contribution is 5.21. The summed E-state index contributed by atoms with van der Waals surface area (Å²) in [7, 11) is 0. The van der Waals surface area contributed by atoms with Crippen molar-refractivity contribution in [1.29, 1.82) is 0 Å². The van der Waals surface area contributed by atoms with Gasteiger partial charge in [0.2, 0.25) is 0 Å². The van der Waals surface area contributed by atoms with Crippen molar-refractivity contribution in [2.45, 2.75) is 112 Å². The molecule has 2 heteroatoms. The highest BCUT2D eigenvalue weighted by Crippen LogP contribution is 2.77. The van der Waals surface area contributed by atoms with Gasteiger partial charge in [0, 0.05) is 6.61 Å². The van der Waals surface area contributed by atoms with Crippen LogP contribution in [0.3, 0.4) is 0 Å². The van der Waals surface area contributed by atoms with E-state index in [4.69, 9.17) is 0 Å². The standard InChI is InChI=1S/C30H50O2/c1-19(2)20-10-15-30(18-31)17-16-28(6)21(25(20)30)8-9-23-27(5)13-12-24(32)26(3,4)22(27)11-14-29(23,28)7/h20-25,31-32H,1,8-18H2,2-7H3/t20-,21+,22-,23-,24-,25-,27+,28+,29+,30+/m0/s1. The molecule has 5 aliphatic rings. The van der Waals surface area contributed by atoms with E-state index in [1.165, 1.54) is 63.4 Å². The molecule has 0 heterocycles. The predicted octanol–water partition coefficient (Wildman–Crippen LogP) is 7.00. The van der Waals surface area contributed by atoms with Gasteiger partial charge < -0.3 is 10.2 Å². The summed E-state index contributed by atoms with van der Waals surface area (Å²) in [6.45, 7) is 19.7. The van der Waals surface area contributed by atoms with Gasteiger partial charge in [-0.25, -0.2) is 0 Å². The monoisotopic (exact) mass is 442 g/mol. The Kier molecular flexibility index (Phi) is 5.19. The van der Waals surface area contributed by atoms with Gasteiger partial charge in [0.1, 0.15) is 0 Å². The van der Waals surface area contributed by atoms with Gasteiger partial charge in [0.15, 0.2) is 0 Å². The third-order valence-corrected chi connectivity index (χ3v) is 13.5. The van der Waals surface area contributed by atoms with Crippen LogP contribution in [0, 0.1) is 56.7 Å². The average molecular weight is 443 g/mol. The van der Waals surface area contributed by atoms with Crippen LogP contribution in [0.15, 0.2) is 12.2 Å². The Hall–Kier alpha value is -0.340. The second kappa shape index (κ2) is 7.09. The number of hydrogen-bond acceptors (Lipinski definition) is 2. The molecule has 5 aliphatic carbocycles. The van der Waals surface area contributed by atoms with Crippen LogP contribution in [-0.2, 0) is 0 Å². The van der Waals surface area contributed by atoms with Gasteiger partial charge in [-0.05, 0) is 128 Å². The molecule has 0 radical (unpaired) electrons. The largest absolute Gasteiger partial charge is 0.396 e. The fraction of sp³-hybridized carbons (Fsp3) is 0.933. The summed E-state index contributed by atoms with van der Waals surface area (Å²) in [4.78, 5) is 0. The summed E-state index contributed by atoms with van der Waals surface area (Å²) >= 11 is 0. The maximum Gasteiger partial charge on any atom is 0.0594 e. The van der Waals surface area contributed by atoms with Crippen molar-refractivity contribution in [2.75, 3.05) is 6.61 Å². The average Bonchev–Trinajstić information content (AvgIpc) is 3.12. The molecule has 32 heavy (non-hydrogen) atoms. The van der Waals surface area contributed by atoms with Crippen molar-refractivity contribution >= 4 is 0 Å². The first-order valence-electron chi connectivity index (χ1n) is 13.8. The second-order valence-electron chi connectivity index (χ2n) is 14.6. The highest BCUT2D eigenvalue weighted by Gasteiger charge is 2.70. The van der Waals surface area contributed by atoms with Crippen LogP contribution in [0.2, 0.25) is 0 Å². The molecular weight excluding hydrogens is 392 g/mol. The summed E-state index contributed by atoms with van der Waals surface area (Å²) in [6.07, 6.45) is 12.2. The summed E-state index contributed by atoms with van der Waals surface area (Å²) in [6, 6.07) is 0. The van der Waals surface area contributed by atoms with Gasteiger partial charge in [0.05, 0.1) is 6.10 Å². The minimum absolute atomic E-state index is 0.0290. The zero-order chi connectivity index (χ0) is 23.3. The molecule has 2 nitrogen and oxygen atoms in total. The zero-order valence-corrected chi connectivity index (χ0v) is 21.8. The number of hydrogen-bond donors (Lipinski definition) is 2. The van der Waals surface area contributed by atoms with Crippen molar-refractivity contribution in [3.8, 4) is 0 Å². The number of aliphatic hydroxyl groups excluding tert-OH is 2. The lowest BCUT2D eigenvalue weighted by Crippen LogP contribution is -2.66. The van der Waals surface area contributed by atoms with Crippen LogP contribution in [0.5, 0.6) is 0 Å². The van der Waals surface area contributed by atoms with Crippen LogP contribution in [0.1, 0.15) is 106 Å². The zero-order valence-electron chi connectivity index (χ0n) is 21.8. The van der Waals surface area contributed by atoms with Crippen molar-refractivity contribution in [3.63, 3.8) is 0 Å². The quantitative estimate of drug-likeness (QED) is 0.452. The molecule has 10 atom stereocenters. The molecule has 0 amide bonds. The lowest BCUT2D eigenvalue weighted by molar-refractivity contribution is -0.249. The topological polar surface area (TPSA) is 40.5 Å². The van der Waals surface area contributed by atoms with Crippen LogP contribution in [0.25, 0.3) is 0 Å². The highest BCUT2D eigenvalue weighted by atomic mass is 16.3. The normalized spacial score (nSPS) is 56.5. The molecular formula is C30H50O2. The Bertz CT molecular complexity index is 786. The van der Waals surface area contributed by atoms with Gasteiger partial charge in [-0.2, -0.15) is 0 Å². The van der Waals surface area contributed by atoms with Crippen molar-refractivity contribution in [1.82, 2.24) is 0 Å². The lowest BCUT2D eigenvalue weighted by atomic mass is 9.32. The van der Waals surface area contributed by atoms with Crippen molar-refractivity contribution in [3.05, 3.63) is 12.2 Å². The maximum absolute atomic E-state index is 10.9. The van der Waals surface area contributed by atoms with E-state index in [1.54, 1.807) is 0 Å². The van der Waals surface area contributed by atoms with Crippen molar-refractivity contribution < 1.29 is 10.2 Å². The Morgan fingerprint density at radius 2 is 1.53 bits per heavy atom. The molecule has 182 valence electrons. The van der Waals surface area contributed by atoms with Gasteiger partial charge in [0.25, 0.3) is 0 Å². The molecule has 0 aromatic rings. The molecule has 0 bridgehead atoms. The molecule has 2 N–H and O–H groups in total. The first kappa shape index (κ1) is 23.4. The Balaban J connectivity index is 1.55. The Labute approximate surface area is 197 Å². The molecule has 5 saturated carbocycles. The van der Waals surface area contributed by atoms with Gasteiger partial charge in [-0.15, -0.1) is 0 Å². The molecule has 0 saturated heterocycles. The number of allylic oxidation sites excluding steroid dienone is 1. The number of fused-ring (bicyclic) bond motifs is 7. The first-order valence-corrected chi connectivity index (χ1v) is 13.8. The molecule has 5 rings (SSSR count). The molecule has 0 aromatic heterocycles. The fourth-order valence-electron chi connectivity index (χ4n) is 11.5. The van der Waals surface area contributed by atoms with Crippen molar-refractivity contribution in [2.24, 2.45) is 56.7 Å². The Morgan fingerprint density at radius 3 is 2.19 bits per heavy atom. The van der Waals surface area contributed by atoms with E-state index >= 15 is 0 Å². The van der Waals surface area contributed by atoms with Gasteiger partial charge in [-0.1, -0.05) is 46.8 Å².